The van der Waals surface area contributed by atoms with Gasteiger partial charge in [0.05, 0.1) is 29.3 Å². The van der Waals surface area contributed by atoms with Crippen LogP contribution in [0.3, 0.4) is 0 Å². The molecular formula is C28H32F3N3O5S. The smallest absolute Gasteiger partial charge is 0.490 e. The van der Waals surface area contributed by atoms with Crippen molar-refractivity contribution in [2.75, 3.05) is 17.7 Å². The maximum Gasteiger partial charge on any atom is 0.490 e. The number of aryl methyl sites for hydroxylation is 2. The average molecular weight is 580 g/mol. The molecule has 1 aliphatic carbocycles. The summed E-state index contributed by atoms with van der Waals surface area (Å²) < 4.78 is 37.2. The maximum absolute atomic E-state index is 12.5. The first-order valence-corrected chi connectivity index (χ1v) is 13.4. The lowest BCUT2D eigenvalue weighted by molar-refractivity contribution is -0.192. The van der Waals surface area contributed by atoms with Crippen molar-refractivity contribution < 1.29 is 37.7 Å². The molecule has 0 radical (unpaired) electrons. The van der Waals surface area contributed by atoms with E-state index in [4.69, 9.17) is 14.6 Å². The summed E-state index contributed by atoms with van der Waals surface area (Å²) in [6, 6.07) is 11.4. The molecule has 4 rings (SSSR count). The number of aliphatic carboxylic acids is 1. The van der Waals surface area contributed by atoms with E-state index in [1.807, 2.05) is 26.8 Å². The number of phenolic OH excluding ortho intramolecular Hbond substituents is 1. The van der Waals surface area contributed by atoms with E-state index in [9.17, 15) is 23.1 Å². The van der Waals surface area contributed by atoms with Crippen LogP contribution in [0.4, 0.5) is 24.0 Å². The number of ether oxygens (including phenoxy) is 1. The van der Waals surface area contributed by atoms with Gasteiger partial charge in [-0.25, -0.2) is 9.78 Å². The van der Waals surface area contributed by atoms with Crippen LogP contribution in [0.25, 0.3) is 10.4 Å². The van der Waals surface area contributed by atoms with Crippen LogP contribution < -0.4 is 15.4 Å². The van der Waals surface area contributed by atoms with Gasteiger partial charge in [0.2, 0.25) is 5.91 Å². The van der Waals surface area contributed by atoms with Gasteiger partial charge >= 0.3 is 12.1 Å². The van der Waals surface area contributed by atoms with Gasteiger partial charge in [0.1, 0.15) is 11.5 Å². The number of rotatable bonds is 7. The molecule has 0 aliphatic heterocycles. The number of benzene rings is 2. The molecule has 216 valence electrons. The Kier molecular flexibility index (Phi) is 10.0. The minimum atomic E-state index is -5.08. The van der Waals surface area contributed by atoms with Crippen molar-refractivity contribution in [3.63, 3.8) is 0 Å². The van der Waals surface area contributed by atoms with Gasteiger partial charge in [-0.15, -0.1) is 0 Å². The van der Waals surface area contributed by atoms with E-state index in [0.29, 0.717) is 10.9 Å². The third-order valence-electron chi connectivity index (χ3n) is 6.56. The number of alkyl halides is 3. The van der Waals surface area contributed by atoms with Crippen LogP contribution >= 0.6 is 11.3 Å². The maximum atomic E-state index is 12.5. The molecule has 40 heavy (non-hydrogen) atoms. The van der Waals surface area contributed by atoms with Gasteiger partial charge in [-0.05, 0) is 62.9 Å². The number of carbonyl (C=O) groups is 2. The van der Waals surface area contributed by atoms with Crippen LogP contribution in [0.2, 0.25) is 0 Å². The fourth-order valence-corrected chi connectivity index (χ4v) is 5.45. The Hall–Kier alpha value is -3.80. The number of phenols is 1. The summed E-state index contributed by atoms with van der Waals surface area (Å²) in [5.74, 6) is -1.72. The highest BCUT2D eigenvalue weighted by Crippen LogP contribution is 2.38. The number of nitrogens with one attached hydrogen (secondary N) is 2. The molecule has 1 fully saturated rings. The molecule has 1 heterocycles. The molecule has 1 amide bonds. The van der Waals surface area contributed by atoms with Crippen molar-refractivity contribution in [3.05, 3.63) is 53.2 Å². The molecule has 0 spiro atoms. The molecule has 1 atom stereocenters. The number of carboxylic acid groups (broad SMARTS) is 1. The molecule has 0 saturated heterocycles. The van der Waals surface area contributed by atoms with Crippen molar-refractivity contribution in [3.8, 4) is 21.9 Å². The van der Waals surface area contributed by atoms with Gasteiger partial charge in [-0.2, -0.15) is 13.2 Å². The van der Waals surface area contributed by atoms with Gasteiger partial charge in [-0.1, -0.05) is 42.4 Å². The Labute approximate surface area is 234 Å². The van der Waals surface area contributed by atoms with Gasteiger partial charge < -0.3 is 25.6 Å². The topological polar surface area (TPSA) is 121 Å². The predicted molar refractivity (Wildman–Crippen MR) is 148 cm³/mol. The number of amides is 1. The van der Waals surface area contributed by atoms with E-state index in [0.717, 1.165) is 58.6 Å². The number of halogens is 3. The molecular weight excluding hydrogens is 547 g/mol. The lowest BCUT2D eigenvalue weighted by Crippen LogP contribution is -2.21. The summed E-state index contributed by atoms with van der Waals surface area (Å²) in [4.78, 5) is 27.1. The Morgan fingerprint density at radius 2 is 1.80 bits per heavy atom. The number of anilines is 2. The van der Waals surface area contributed by atoms with E-state index >= 15 is 0 Å². The molecule has 1 unspecified atom stereocenters. The molecule has 4 N–H and O–H groups in total. The largest absolute Gasteiger partial charge is 0.507 e. The molecule has 0 bridgehead atoms. The van der Waals surface area contributed by atoms with Crippen molar-refractivity contribution >= 4 is 34.0 Å². The van der Waals surface area contributed by atoms with E-state index < -0.39 is 12.1 Å². The van der Waals surface area contributed by atoms with Gasteiger partial charge in [0, 0.05) is 11.6 Å². The predicted octanol–water partition coefficient (Wildman–Crippen LogP) is 7.08. The lowest BCUT2D eigenvalue weighted by atomic mass is 10.0. The fourth-order valence-electron chi connectivity index (χ4n) is 4.48. The molecule has 8 nitrogen and oxygen atoms in total. The zero-order chi connectivity index (χ0) is 29.6. The van der Waals surface area contributed by atoms with E-state index in [2.05, 4.69) is 33.8 Å². The van der Waals surface area contributed by atoms with Crippen LogP contribution in [0.5, 0.6) is 11.5 Å². The number of aromatic hydroxyl groups is 1. The monoisotopic (exact) mass is 579 g/mol. The van der Waals surface area contributed by atoms with Gasteiger partial charge in [0.25, 0.3) is 0 Å². The van der Waals surface area contributed by atoms with Crippen molar-refractivity contribution in [2.24, 2.45) is 5.92 Å². The summed E-state index contributed by atoms with van der Waals surface area (Å²) in [7, 11) is 1.60. The van der Waals surface area contributed by atoms with Crippen molar-refractivity contribution in [1.29, 1.82) is 0 Å². The van der Waals surface area contributed by atoms with Crippen LogP contribution in [0.15, 0.2) is 36.4 Å². The first-order chi connectivity index (χ1) is 18.8. The van der Waals surface area contributed by atoms with E-state index in [-0.39, 0.29) is 23.6 Å². The number of hydrogen-bond donors (Lipinski definition) is 4. The molecule has 3 aromatic rings. The quantitative estimate of drug-likeness (QED) is 0.236. The van der Waals surface area contributed by atoms with Gasteiger partial charge in [0.15, 0.2) is 5.13 Å². The van der Waals surface area contributed by atoms with Crippen LogP contribution in [-0.4, -0.2) is 40.4 Å². The highest BCUT2D eigenvalue weighted by atomic mass is 32.1. The SMILES string of the molecule is COc1cccc(O)c1C(C)Nc1cc(-c2sc(NC(=O)C3CCCC3)nc2C)ccc1C.O=C(O)C(F)(F)F. The number of nitrogens with zero attached hydrogens (tertiary/aromatic N) is 1. The standard InChI is InChI=1S/C26H31N3O3S.C2HF3O2/c1-15-12-13-19(14-20(15)27-16(2)23-21(30)10-7-11-22(23)32-4)24-17(3)28-26(33-24)29-25(31)18-8-5-6-9-18;3-2(4,5)1(6)7/h7,10-14,16,18,27,30H,5-6,8-9H2,1-4H3,(H,28,29,31);(H,6,7). The lowest BCUT2D eigenvalue weighted by Gasteiger charge is -2.21. The second-order valence-electron chi connectivity index (χ2n) is 9.50. The third kappa shape index (κ3) is 7.65. The van der Waals surface area contributed by atoms with E-state index in [1.165, 1.54) is 11.3 Å². The second-order valence-corrected chi connectivity index (χ2v) is 10.5. The Bertz CT molecular complexity index is 1350. The summed E-state index contributed by atoms with van der Waals surface area (Å²) in [5.41, 5.74) is 4.71. The zero-order valence-electron chi connectivity index (χ0n) is 22.6. The Balaban J connectivity index is 0.000000559. The van der Waals surface area contributed by atoms with Crippen LogP contribution in [0.1, 0.15) is 55.5 Å². The van der Waals surface area contributed by atoms with Crippen molar-refractivity contribution in [1.82, 2.24) is 4.98 Å². The number of thiazole rings is 1. The number of aromatic nitrogens is 1. The van der Waals surface area contributed by atoms with Crippen LogP contribution in [-0.2, 0) is 9.59 Å². The summed E-state index contributed by atoms with van der Waals surface area (Å²) in [5, 5.41) is 24.7. The highest BCUT2D eigenvalue weighted by molar-refractivity contribution is 7.19. The second kappa shape index (κ2) is 13.0. The van der Waals surface area contributed by atoms with Crippen LogP contribution in [0, 0.1) is 19.8 Å². The molecule has 1 aromatic heterocycles. The Morgan fingerprint density at radius 3 is 2.40 bits per heavy atom. The number of methoxy groups -OCH3 is 1. The van der Waals surface area contributed by atoms with Crippen molar-refractivity contribution in [2.45, 2.75) is 58.7 Å². The average Bonchev–Trinajstić information content (AvgIpc) is 3.55. The summed E-state index contributed by atoms with van der Waals surface area (Å²) in [6.07, 6.45) is -0.888. The molecule has 1 saturated carbocycles. The zero-order valence-corrected chi connectivity index (χ0v) is 23.4. The number of hydrogen-bond acceptors (Lipinski definition) is 7. The molecule has 12 heteroatoms. The minimum absolute atomic E-state index is 0.0875. The number of carboxylic acids is 1. The third-order valence-corrected chi connectivity index (χ3v) is 7.68. The highest BCUT2D eigenvalue weighted by Gasteiger charge is 2.38. The van der Waals surface area contributed by atoms with E-state index in [1.54, 1.807) is 19.2 Å². The fraction of sp³-hybridized carbons (Fsp3) is 0.393. The Morgan fingerprint density at radius 1 is 1.15 bits per heavy atom. The van der Waals surface area contributed by atoms with Gasteiger partial charge in [-0.3, -0.25) is 4.79 Å². The number of carbonyl (C=O) groups excluding carboxylic acids is 1. The summed E-state index contributed by atoms with van der Waals surface area (Å²) in [6.45, 7) is 6.02. The minimum Gasteiger partial charge on any atom is -0.507 e. The first-order valence-electron chi connectivity index (χ1n) is 12.6. The first kappa shape index (κ1) is 30.7. The normalized spacial score (nSPS) is 14.2. The summed E-state index contributed by atoms with van der Waals surface area (Å²) >= 11 is 1.51. The molecule has 1 aliphatic rings. The molecule has 2 aromatic carbocycles.